The van der Waals surface area contributed by atoms with Gasteiger partial charge >= 0.3 is 0 Å². The van der Waals surface area contributed by atoms with Gasteiger partial charge in [-0.2, -0.15) is 0 Å². The summed E-state index contributed by atoms with van der Waals surface area (Å²) >= 11 is 6.68. The van der Waals surface area contributed by atoms with Gasteiger partial charge in [0.15, 0.2) is 0 Å². The maximum atomic E-state index is 6.68. The number of benzene rings is 5. The molecule has 0 aliphatic carbocycles. The summed E-state index contributed by atoms with van der Waals surface area (Å²) in [4.78, 5) is 0. The molecule has 0 bridgehead atoms. The summed E-state index contributed by atoms with van der Waals surface area (Å²) in [7, 11) is 0. The van der Waals surface area contributed by atoms with Gasteiger partial charge in [0.05, 0.1) is 11.0 Å². The predicted octanol–water partition coefficient (Wildman–Crippen LogP) is 9.00. The molecule has 0 aliphatic rings. The zero-order chi connectivity index (χ0) is 21.9. The highest BCUT2D eigenvalue weighted by atomic mass is 35.5. The molecule has 2 aromatic heterocycles. The van der Waals surface area contributed by atoms with Crippen LogP contribution in [0.4, 0.5) is 0 Å². The number of hydrogen-bond donors (Lipinski definition) is 0. The van der Waals surface area contributed by atoms with Gasteiger partial charge in [0, 0.05) is 43.4 Å². The normalized spacial score (nSPS) is 11.8. The lowest BCUT2D eigenvalue weighted by Gasteiger charge is -2.12. The van der Waals surface area contributed by atoms with Crippen molar-refractivity contribution >= 4 is 55.3 Å². The molecule has 5 aromatic carbocycles. The fourth-order valence-corrected chi connectivity index (χ4v) is 5.26. The lowest BCUT2D eigenvalue weighted by molar-refractivity contribution is 0.670. The fraction of sp³-hybridized carbons (Fsp3) is 0. The standard InChI is InChI=1S/C30H18ClNO/c31-26-13-5-1-9-20(26)24-17-19(18-25-23-12-4-8-16-29(23)33-30(24)25)32-27-14-6-2-10-21(27)22-11-3-7-15-28(22)32/h1-18H. The Bertz CT molecular complexity index is 1790. The van der Waals surface area contributed by atoms with Gasteiger partial charge in [-0.1, -0.05) is 84.4 Å². The smallest absolute Gasteiger partial charge is 0.143 e. The highest BCUT2D eigenvalue weighted by Crippen LogP contribution is 2.41. The van der Waals surface area contributed by atoms with Crippen LogP contribution in [0.5, 0.6) is 0 Å². The van der Waals surface area contributed by atoms with Crippen LogP contribution in [0.1, 0.15) is 0 Å². The molecule has 0 saturated carbocycles. The van der Waals surface area contributed by atoms with E-state index in [1.165, 1.54) is 21.8 Å². The lowest BCUT2D eigenvalue weighted by Crippen LogP contribution is -1.95. The first kappa shape index (κ1) is 18.6. The van der Waals surface area contributed by atoms with E-state index in [0.717, 1.165) is 38.8 Å². The van der Waals surface area contributed by atoms with Crippen LogP contribution in [0.15, 0.2) is 114 Å². The van der Waals surface area contributed by atoms with Crippen molar-refractivity contribution < 1.29 is 4.42 Å². The van der Waals surface area contributed by atoms with E-state index < -0.39 is 0 Å². The molecule has 0 fully saturated rings. The largest absolute Gasteiger partial charge is 0.455 e. The summed E-state index contributed by atoms with van der Waals surface area (Å²) in [6.07, 6.45) is 0. The highest BCUT2D eigenvalue weighted by Gasteiger charge is 2.18. The molecule has 0 radical (unpaired) electrons. The van der Waals surface area contributed by atoms with Crippen molar-refractivity contribution in [2.45, 2.75) is 0 Å². The van der Waals surface area contributed by atoms with E-state index in [-0.39, 0.29) is 0 Å². The zero-order valence-corrected chi connectivity index (χ0v) is 18.4. The molecule has 0 saturated heterocycles. The fourth-order valence-electron chi connectivity index (χ4n) is 5.02. The van der Waals surface area contributed by atoms with Crippen molar-refractivity contribution in [3.63, 3.8) is 0 Å². The van der Waals surface area contributed by atoms with E-state index >= 15 is 0 Å². The first-order valence-electron chi connectivity index (χ1n) is 11.0. The van der Waals surface area contributed by atoms with Crippen LogP contribution in [-0.2, 0) is 0 Å². The van der Waals surface area contributed by atoms with Gasteiger partial charge in [-0.25, -0.2) is 0 Å². The monoisotopic (exact) mass is 443 g/mol. The molecule has 3 heteroatoms. The van der Waals surface area contributed by atoms with Crippen LogP contribution < -0.4 is 0 Å². The van der Waals surface area contributed by atoms with Crippen LogP contribution in [0.2, 0.25) is 5.02 Å². The van der Waals surface area contributed by atoms with Gasteiger partial charge in [-0.15, -0.1) is 0 Å². The molecule has 0 spiro atoms. The number of rotatable bonds is 2. The third-order valence-electron chi connectivity index (χ3n) is 6.47. The topological polar surface area (TPSA) is 18.1 Å². The van der Waals surface area contributed by atoms with Crippen molar-refractivity contribution in [3.8, 4) is 16.8 Å². The number of halogens is 1. The minimum absolute atomic E-state index is 0.707. The summed E-state index contributed by atoms with van der Waals surface area (Å²) in [6.45, 7) is 0. The van der Waals surface area contributed by atoms with Crippen molar-refractivity contribution in [1.29, 1.82) is 0 Å². The molecule has 156 valence electrons. The number of nitrogens with zero attached hydrogens (tertiary/aromatic N) is 1. The molecular weight excluding hydrogens is 426 g/mol. The first-order valence-corrected chi connectivity index (χ1v) is 11.4. The molecule has 2 nitrogen and oxygen atoms in total. The van der Waals surface area contributed by atoms with Gasteiger partial charge in [0.1, 0.15) is 11.2 Å². The van der Waals surface area contributed by atoms with Crippen LogP contribution in [0.25, 0.3) is 60.6 Å². The Balaban J connectivity index is 1.67. The SMILES string of the molecule is Clc1ccccc1-c1cc(-n2c3ccccc3c3ccccc32)cc2c1oc1ccccc12. The maximum absolute atomic E-state index is 6.68. The molecule has 0 atom stereocenters. The highest BCUT2D eigenvalue weighted by molar-refractivity contribution is 6.33. The van der Waals surface area contributed by atoms with E-state index in [0.29, 0.717) is 5.02 Å². The molecule has 2 heterocycles. The van der Waals surface area contributed by atoms with E-state index in [2.05, 4.69) is 83.4 Å². The minimum atomic E-state index is 0.707. The van der Waals surface area contributed by atoms with Gasteiger partial charge in [0.2, 0.25) is 0 Å². The second kappa shape index (κ2) is 6.99. The van der Waals surface area contributed by atoms with Crippen LogP contribution in [-0.4, -0.2) is 4.57 Å². The number of hydrogen-bond acceptors (Lipinski definition) is 1. The molecule has 0 N–H and O–H groups in total. The number of aromatic nitrogens is 1. The molecule has 0 aliphatic heterocycles. The Labute approximate surface area is 195 Å². The average molecular weight is 444 g/mol. The molecule has 7 rings (SSSR count). The predicted molar refractivity (Wildman–Crippen MR) is 139 cm³/mol. The van der Waals surface area contributed by atoms with Gasteiger partial charge in [0.25, 0.3) is 0 Å². The van der Waals surface area contributed by atoms with E-state index in [1.807, 2.05) is 30.3 Å². The van der Waals surface area contributed by atoms with Crippen molar-refractivity contribution in [3.05, 3.63) is 114 Å². The molecule has 0 unspecified atom stereocenters. The minimum Gasteiger partial charge on any atom is -0.455 e. The lowest BCUT2D eigenvalue weighted by atomic mass is 10.0. The average Bonchev–Trinajstić information content (AvgIpc) is 3.40. The zero-order valence-electron chi connectivity index (χ0n) is 17.6. The molecule has 7 aromatic rings. The summed E-state index contributed by atoms with van der Waals surface area (Å²) < 4.78 is 8.71. The maximum Gasteiger partial charge on any atom is 0.143 e. The van der Waals surface area contributed by atoms with Crippen molar-refractivity contribution in [2.75, 3.05) is 0 Å². The van der Waals surface area contributed by atoms with Crippen LogP contribution in [0.3, 0.4) is 0 Å². The van der Waals surface area contributed by atoms with Crippen LogP contribution in [0, 0.1) is 0 Å². The van der Waals surface area contributed by atoms with E-state index in [1.54, 1.807) is 0 Å². The summed E-state index contributed by atoms with van der Waals surface area (Å²) in [5.74, 6) is 0. The van der Waals surface area contributed by atoms with Gasteiger partial charge in [-0.3, -0.25) is 0 Å². The Morgan fingerprint density at radius 2 is 1.15 bits per heavy atom. The molecule has 33 heavy (non-hydrogen) atoms. The third-order valence-corrected chi connectivity index (χ3v) is 6.79. The van der Waals surface area contributed by atoms with Crippen molar-refractivity contribution in [2.24, 2.45) is 0 Å². The number of fused-ring (bicyclic) bond motifs is 6. The van der Waals surface area contributed by atoms with Gasteiger partial charge in [-0.05, 0) is 36.4 Å². The summed E-state index contributed by atoms with van der Waals surface area (Å²) in [6, 6.07) is 37.7. The number of para-hydroxylation sites is 3. The first-order chi connectivity index (χ1) is 16.3. The third kappa shape index (κ3) is 2.68. The van der Waals surface area contributed by atoms with E-state index in [4.69, 9.17) is 16.0 Å². The molecular formula is C30H18ClNO. The number of furan rings is 1. The summed E-state index contributed by atoms with van der Waals surface area (Å²) in [5, 5.41) is 5.37. The Kier molecular flexibility index (Phi) is 3.93. The van der Waals surface area contributed by atoms with E-state index in [9.17, 15) is 0 Å². The Hall–Kier alpha value is -4.01. The molecule has 0 amide bonds. The second-order valence-corrected chi connectivity index (χ2v) is 8.72. The quantitative estimate of drug-likeness (QED) is 0.260. The Morgan fingerprint density at radius 1 is 0.545 bits per heavy atom. The summed E-state index contributed by atoms with van der Waals surface area (Å²) in [5.41, 5.74) is 7.12. The van der Waals surface area contributed by atoms with Gasteiger partial charge < -0.3 is 8.98 Å². The van der Waals surface area contributed by atoms with Crippen molar-refractivity contribution in [1.82, 2.24) is 4.57 Å². The second-order valence-electron chi connectivity index (χ2n) is 8.32. The Morgan fingerprint density at radius 3 is 1.88 bits per heavy atom. The van der Waals surface area contributed by atoms with Crippen LogP contribution >= 0.6 is 11.6 Å².